The van der Waals surface area contributed by atoms with Crippen molar-refractivity contribution in [1.29, 1.82) is 0 Å². The molecule has 2 amide bonds. The van der Waals surface area contributed by atoms with Crippen LogP contribution in [0.3, 0.4) is 0 Å². The minimum Gasteiger partial charge on any atom is -0.453 e. The van der Waals surface area contributed by atoms with Crippen LogP contribution in [-0.4, -0.2) is 26.4 Å². The molecule has 0 heterocycles. The van der Waals surface area contributed by atoms with Crippen molar-refractivity contribution in [3.05, 3.63) is 23.8 Å². The Kier molecular flexibility index (Phi) is 4.33. The molecule has 17 heavy (non-hydrogen) atoms. The Hall–Kier alpha value is -2.24. The lowest BCUT2D eigenvalue weighted by Gasteiger charge is -2.13. The molecular weight excluding hydrogens is 224 g/mol. The predicted octanol–water partition coefficient (Wildman–Crippen LogP) is 2.35. The van der Waals surface area contributed by atoms with E-state index in [0.29, 0.717) is 11.4 Å². The number of aryl methyl sites for hydroxylation is 1. The van der Waals surface area contributed by atoms with Crippen LogP contribution in [0.15, 0.2) is 18.2 Å². The number of ether oxygens (including phenoxy) is 2. The van der Waals surface area contributed by atoms with Crippen molar-refractivity contribution in [3.8, 4) is 0 Å². The van der Waals surface area contributed by atoms with E-state index in [-0.39, 0.29) is 0 Å². The van der Waals surface area contributed by atoms with Crippen LogP contribution < -0.4 is 10.6 Å². The summed E-state index contributed by atoms with van der Waals surface area (Å²) in [5.41, 5.74) is 1.72. The first-order valence-electron chi connectivity index (χ1n) is 4.88. The van der Waals surface area contributed by atoms with Gasteiger partial charge in [0.2, 0.25) is 0 Å². The maximum atomic E-state index is 11.2. The van der Waals surface area contributed by atoms with Gasteiger partial charge in [0.05, 0.1) is 25.6 Å². The fourth-order valence-corrected chi connectivity index (χ4v) is 1.25. The highest BCUT2D eigenvalue weighted by Crippen LogP contribution is 2.25. The Morgan fingerprint density at radius 3 is 2.24 bits per heavy atom. The maximum Gasteiger partial charge on any atom is 0.411 e. The standard InChI is InChI=1S/C11H14N2O4/c1-7-5-4-6-8(12-10(14)16-2)9(7)13-11(15)17-3/h4-6H,1-3H3,(H,12,14)(H,13,15). The molecule has 0 spiro atoms. The zero-order valence-electron chi connectivity index (χ0n) is 9.87. The summed E-state index contributed by atoms with van der Waals surface area (Å²) >= 11 is 0. The van der Waals surface area contributed by atoms with Gasteiger partial charge in [0, 0.05) is 0 Å². The molecule has 0 saturated carbocycles. The molecule has 0 aliphatic rings. The van der Waals surface area contributed by atoms with E-state index < -0.39 is 12.2 Å². The molecule has 0 bridgehead atoms. The number of carbonyl (C=O) groups excluding carboxylic acids is 2. The molecule has 0 aromatic heterocycles. The third-order valence-corrected chi connectivity index (χ3v) is 2.11. The predicted molar refractivity (Wildman–Crippen MR) is 63.2 cm³/mol. The van der Waals surface area contributed by atoms with Gasteiger partial charge in [0.15, 0.2) is 0 Å². The van der Waals surface area contributed by atoms with Crippen LogP contribution in [0, 0.1) is 6.92 Å². The van der Waals surface area contributed by atoms with Gasteiger partial charge in [-0.2, -0.15) is 0 Å². The molecule has 1 aromatic rings. The quantitative estimate of drug-likeness (QED) is 0.829. The topological polar surface area (TPSA) is 76.7 Å². The summed E-state index contributed by atoms with van der Waals surface area (Å²) in [7, 11) is 2.53. The van der Waals surface area contributed by atoms with Crippen LogP contribution in [-0.2, 0) is 9.47 Å². The Bertz CT molecular complexity index is 431. The summed E-state index contributed by atoms with van der Waals surface area (Å²) in [6, 6.07) is 5.20. The lowest BCUT2D eigenvalue weighted by atomic mass is 10.1. The lowest BCUT2D eigenvalue weighted by molar-refractivity contribution is 0.185. The summed E-state index contributed by atoms with van der Waals surface area (Å²) in [5, 5.41) is 5.03. The summed E-state index contributed by atoms with van der Waals surface area (Å²) < 4.78 is 8.99. The smallest absolute Gasteiger partial charge is 0.411 e. The fourth-order valence-electron chi connectivity index (χ4n) is 1.25. The number of para-hydroxylation sites is 1. The van der Waals surface area contributed by atoms with Gasteiger partial charge in [0.25, 0.3) is 0 Å². The monoisotopic (exact) mass is 238 g/mol. The average Bonchev–Trinajstić information content (AvgIpc) is 2.33. The van der Waals surface area contributed by atoms with Crippen molar-refractivity contribution in [3.63, 3.8) is 0 Å². The van der Waals surface area contributed by atoms with Crippen LogP contribution >= 0.6 is 0 Å². The Balaban J connectivity index is 2.99. The van der Waals surface area contributed by atoms with E-state index in [4.69, 9.17) is 0 Å². The number of carbonyl (C=O) groups is 2. The highest BCUT2D eigenvalue weighted by Gasteiger charge is 2.11. The largest absolute Gasteiger partial charge is 0.453 e. The second-order valence-electron chi connectivity index (χ2n) is 3.23. The number of anilines is 2. The average molecular weight is 238 g/mol. The van der Waals surface area contributed by atoms with Crippen molar-refractivity contribution in [2.75, 3.05) is 24.9 Å². The van der Waals surface area contributed by atoms with E-state index in [1.807, 2.05) is 0 Å². The minimum absolute atomic E-state index is 0.447. The van der Waals surface area contributed by atoms with Crippen molar-refractivity contribution in [1.82, 2.24) is 0 Å². The van der Waals surface area contributed by atoms with Gasteiger partial charge in [-0.1, -0.05) is 12.1 Å². The molecule has 1 aromatic carbocycles. The molecule has 2 N–H and O–H groups in total. The van der Waals surface area contributed by atoms with E-state index >= 15 is 0 Å². The second kappa shape index (κ2) is 5.74. The van der Waals surface area contributed by atoms with Gasteiger partial charge >= 0.3 is 12.2 Å². The molecular formula is C11H14N2O4. The van der Waals surface area contributed by atoms with Gasteiger partial charge in [-0.25, -0.2) is 9.59 Å². The zero-order chi connectivity index (χ0) is 12.8. The minimum atomic E-state index is -0.608. The number of amides is 2. The summed E-state index contributed by atoms with van der Waals surface area (Å²) in [4.78, 5) is 22.3. The van der Waals surface area contributed by atoms with Crippen molar-refractivity contribution < 1.29 is 19.1 Å². The SMILES string of the molecule is COC(=O)Nc1cccc(C)c1NC(=O)OC. The number of hydrogen-bond acceptors (Lipinski definition) is 4. The molecule has 0 saturated heterocycles. The van der Waals surface area contributed by atoms with Gasteiger partial charge in [-0.15, -0.1) is 0 Å². The number of nitrogens with one attached hydrogen (secondary N) is 2. The Morgan fingerprint density at radius 2 is 1.65 bits per heavy atom. The van der Waals surface area contributed by atoms with Crippen molar-refractivity contribution >= 4 is 23.6 Å². The molecule has 0 atom stereocenters. The Labute approximate surface area is 98.9 Å². The highest BCUT2D eigenvalue weighted by molar-refractivity contribution is 5.96. The number of rotatable bonds is 2. The van der Waals surface area contributed by atoms with Crippen LogP contribution in [0.2, 0.25) is 0 Å². The van der Waals surface area contributed by atoms with Crippen LogP contribution in [0.4, 0.5) is 21.0 Å². The van der Waals surface area contributed by atoms with Gasteiger partial charge in [0.1, 0.15) is 0 Å². The molecule has 0 aliphatic heterocycles. The van der Waals surface area contributed by atoms with Crippen molar-refractivity contribution in [2.45, 2.75) is 6.92 Å². The van der Waals surface area contributed by atoms with Crippen LogP contribution in [0.5, 0.6) is 0 Å². The normalized spacial score (nSPS) is 9.35. The first kappa shape index (κ1) is 12.8. The fraction of sp³-hybridized carbons (Fsp3) is 0.273. The molecule has 92 valence electrons. The number of benzene rings is 1. The summed E-state index contributed by atoms with van der Waals surface area (Å²) in [5.74, 6) is 0. The third kappa shape index (κ3) is 3.37. The first-order chi connectivity index (χ1) is 8.08. The molecule has 6 heteroatoms. The van der Waals surface area contributed by atoms with Crippen LogP contribution in [0.25, 0.3) is 0 Å². The van der Waals surface area contributed by atoms with E-state index in [1.165, 1.54) is 14.2 Å². The zero-order valence-corrected chi connectivity index (χ0v) is 9.87. The van der Waals surface area contributed by atoms with Gasteiger partial charge in [-0.05, 0) is 18.6 Å². The van der Waals surface area contributed by atoms with Gasteiger partial charge in [-0.3, -0.25) is 10.6 Å². The van der Waals surface area contributed by atoms with E-state index in [9.17, 15) is 9.59 Å². The number of methoxy groups -OCH3 is 2. The van der Waals surface area contributed by atoms with Crippen molar-refractivity contribution in [2.24, 2.45) is 0 Å². The third-order valence-electron chi connectivity index (χ3n) is 2.11. The van der Waals surface area contributed by atoms with E-state index in [2.05, 4.69) is 20.1 Å². The summed E-state index contributed by atoms with van der Waals surface area (Å²) in [6.07, 6.45) is -1.21. The number of hydrogen-bond donors (Lipinski definition) is 2. The molecule has 0 radical (unpaired) electrons. The summed E-state index contributed by atoms with van der Waals surface area (Å²) in [6.45, 7) is 1.80. The second-order valence-corrected chi connectivity index (χ2v) is 3.23. The molecule has 0 unspecified atom stereocenters. The molecule has 0 aliphatic carbocycles. The first-order valence-corrected chi connectivity index (χ1v) is 4.88. The molecule has 0 fully saturated rings. The maximum absolute atomic E-state index is 11.2. The molecule has 6 nitrogen and oxygen atoms in total. The van der Waals surface area contributed by atoms with E-state index in [0.717, 1.165) is 5.56 Å². The Morgan fingerprint density at radius 1 is 1.06 bits per heavy atom. The van der Waals surface area contributed by atoms with Crippen LogP contribution in [0.1, 0.15) is 5.56 Å². The molecule has 1 rings (SSSR count). The highest BCUT2D eigenvalue weighted by atomic mass is 16.5. The lowest BCUT2D eigenvalue weighted by Crippen LogP contribution is -2.17. The van der Waals surface area contributed by atoms with Gasteiger partial charge < -0.3 is 9.47 Å². The van der Waals surface area contributed by atoms with E-state index in [1.54, 1.807) is 25.1 Å².